The maximum Gasteiger partial charge on any atom is 0.108 e. The quantitative estimate of drug-likeness (QED) is 0.900. The van der Waals surface area contributed by atoms with Gasteiger partial charge in [0, 0.05) is 19.1 Å². The Balaban J connectivity index is 1.65. The molecule has 1 aromatic heterocycles. The molecule has 0 saturated carbocycles. The lowest BCUT2D eigenvalue weighted by molar-refractivity contribution is 0.397. The number of likely N-dealkylation sites (tertiary alicyclic amines) is 1. The van der Waals surface area contributed by atoms with Crippen LogP contribution in [0.5, 0.6) is 0 Å². The van der Waals surface area contributed by atoms with Gasteiger partial charge in [0.2, 0.25) is 0 Å². The Labute approximate surface area is 105 Å². The van der Waals surface area contributed by atoms with E-state index in [0.29, 0.717) is 6.04 Å². The number of nitrogens with one attached hydrogen (secondary N) is 1. The number of aromatic nitrogens is 1. The smallest absolute Gasteiger partial charge is 0.108 e. The van der Waals surface area contributed by atoms with Crippen LogP contribution in [0.3, 0.4) is 0 Å². The van der Waals surface area contributed by atoms with Crippen LogP contribution in [0.1, 0.15) is 11.4 Å². The van der Waals surface area contributed by atoms with Crippen molar-refractivity contribution >= 4 is 21.6 Å². The molecule has 3 rings (SSSR count). The number of para-hydroxylation sites is 1. The molecule has 90 valence electrons. The van der Waals surface area contributed by atoms with Crippen molar-refractivity contribution in [2.24, 2.45) is 0 Å². The normalized spacial score (nSPS) is 21.4. The Bertz CT molecular complexity index is 475. The SMILES string of the molecule is CN1CCC(NCc2nc3ccccc3s2)C1. The molecular formula is C13H17N3S. The first kappa shape index (κ1) is 11.1. The van der Waals surface area contributed by atoms with Gasteiger partial charge < -0.3 is 10.2 Å². The van der Waals surface area contributed by atoms with Crippen LogP contribution in [-0.2, 0) is 6.54 Å². The summed E-state index contributed by atoms with van der Waals surface area (Å²) in [5.41, 5.74) is 1.12. The molecule has 0 spiro atoms. The molecule has 0 aliphatic carbocycles. The third kappa shape index (κ3) is 2.49. The summed E-state index contributed by atoms with van der Waals surface area (Å²) in [4.78, 5) is 7.01. The summed E-state index contributed by atoms with van der Waals surface area (Å²) in [6.45, 7) is 3.26. The third-order valence-corrected chi connectivity index (χ3v) is 4.31. The highest BCUT2D eigenvalue weighted by atomic mass is 32.1. The molecule has 17 heavy (non-hydrogen) atoms. The first-order valence-corrected chi connectivity index (χ1v) is 6.89. The van der Waals surface area contributed by atoms with Gasteiger partial charge in [0.05, 0.1) is 10.2 Å². The molecule has 0 radical (unpaired) electrons. The fourth-order valence-corrected chi connectivity index (χ4v) is 3.25. The van der Waals surface area contributed by atoms with Gasteiger partial charge in [-0.25, -0.2) is 4.98 Å². The van der Waals surface area contributed by atoms with Gasteiger partial charge >= 0.3 is 0 Å². The van der Waals surface area contributed by atoms with Crippen LogP contribution in [0.25, 0.3) is 10.2 Å². The van der Waals surface area contributed by atoms with E-state index < -0.39 is 0 Å². The second kappa shape index (κ2) is 4.72. The number of nitrogens with zero attached hydrogens (tertiary/aromatic N) is 2. The zero-order valence-corrected chi connectivity index (χ0v) is 10.8. The Morgan fingerprint density at radius 2 is 2.35 bits per heavy atom. The van der Waals surface area contributed by atoms with Crippen molar-refractivity contribution in [2.75, 3.05) is 20.1 Å². The molecule has 1 unspecified atom stereocenters. The van der Waals surface area contributed by atoms with Gasteiger partial charge in [-0.2, -0.15) is 0 Å². The summed E-state index contributed by atoms with van der Waals surface area (Å²) in [5.74, 6) is 0. The largest absolute Gasteiger partial charge is 0.306 e. The summed E-state index contributed by atoms with van der Waals surface area (Å²) in [5, 5.41) is 4.79. The first-order valence-electron chi connectivity index (χ1n) is 6.07. The monoisotopic (exact) mass is 247 g/mol. The molecule has 1 saturated heterocycles. The third-order valence-electron chi connectivity index (χ3n) is 3.27. The van der Waals surface area contributed by atoms with Gasteiger partial charge in [-0.05, 0) is 32.1 Å². The Hall–Kier alpha value is -0.970. The zero-order valence-electron chi connectivity index (χ0n) is 10.0. The lowest BCUT2D eigenvalue weighted by Crippen LogP contribution is -2.30. The lowest BCUT2D eigenvalue weighted by atomic mass is 10.3. The highest BCUT2D eigenvalue weighted by Gasteiger charge is 2.18. The molecule has 1 fully saturated rings. The molecule has 0 bridgehead atoms. The standard InChI is InChI=1S/C13H17N3S/c1-16-7-6-10(9-16)14-8-13-15-11-4-2-3-5-12(11)17-13/h2-5,10,14H,6-9H2,1H3. The van der Waals surface area contributed by atoms with E-state index in [4.69, 9.17) is 0 Å². The predicted molar refractivity (Wildman–Crippen MR) is 72.4 cm³/mol. The molecule has 0 amide bonds. The number of likely N-dealkylation sites (N-methyl/N-ethyl adjacent to an activating group) is 1. The summed E-state index contributed by atoms with van der Waals surface area (Å²) < 4.78 is 1.29. The van der Waals surface area contributed by atoms with Crippen LogP contribution in [-0.4, -0.2) is 36.1 Å². The van der Waals surface area contributed by atoms with Crippen molar-refractivity contribution < 1.29 is 0 Å². The van der Waals surface area contributed by atoms with Gasteiger partial charge in [-0.3, -0.25) is 0 Å². The molecular weight excluding hydrogens is 230 g/mol. The lowest BCUT2D eigenvalue weighted by Gasteiger charge is -2.11. The molecule has 1 atom stereocenters. The van der Waals surface area contributed by atoms with Crippen LogP contribution < -0.4 is 5.32 Å². The summed E-state index contributed by atoms with van der Waals surface area (Å²) in [6.07, 6.45) is 1.25. The maximum atomic E-state index is 4.64. The molecule has 3 nitrogen and oxygen atoms in total. The molecule has 4 heteroatoms. The van der Waals surface area contributed by atoms with E-state index in [0.717, 1.165) is 18.6 Å². The van der Waals surface area contributed by atoms with E-state index in [1.54, 1.807) is 11.3 Å². The first-order chi connectivity index (χ1) is 8.31. The van der Waals surface area contributed by atoms with E-state index in [2.05, 4.69) is 40.4 Å². The number of fused-ring (bicyclic) bond motifs is 1. The van der Waals surface area contributed by atoms with Gasteiger partial charge in [-0.15, -0.1) is 11.3 Å². The molecule has 2 aromatic rings. The maximum absolute atomic E-state index is 4.64. The van der Waals surface area contributed by atoms with Gasteiger partial charge in [-0.1, -0.05) is 12.1 Å². The van der Waals surface area contributed by atoms with E-state index in [-0.39, 0.29) is 0 Å². The summed E-state index contributed by atoms with van der Waals surface area (Å²) in [6, 6.07) is 8.97. The number of benzene rings is 1. The van der Waals surface area contributed by atoms with E-state index in [1.807, 2.05) is 6.07 Å². The van der Waals surface area contributed by atoms with Gasteiger partial charge in [0.15, 0.2) is 0 Å². The molecule has 1 aromatic carbocycles. The fraction of sp³-hybridized carbons (Fsp3) is 0.462. The second-order valence-electron chi connectivity index (χ2n) is 4.70. The Morgan fingerprint density at radius 3 is 3.12 bits per heavy atom. The minimum atomic E-state index is 0.631. The Morgan fingerprint density at radius 1 is 1.47 bits per heavy atom. The van der Waals surface area contributed by atoms with E-state index in [1.165, 1.54) is 22.7 Å². The predicted octanol–water partition coefficient (Wildman–Crippen LogP) is 2.09. The average Bonchev–Trinajstić information content (AvgIpc) is 2.91. The van der Waals surface area contributed by atoms with Crippen molar-refractivity contribution in [3.05, 3.63) is 29.3 Å². The highest BCUT2D eigenvalue weighted by molar-refractivity contribution is 7.18. The summed E-state index contributed by atoms with van der Waals surface area (Å²) in [7, 11) is 2.18. The topological polar surface area (TPSA) is 28.2 Å². The van der Waals surface area contributed by atoms with E-state index >= 15 is 0 Å². The van der Waals surface area contributed by atoms with Crippen molar-refractivity contribution in [3.8, 4) is 0 Å². The van der Waals surface area contributed by atoms with Crippen LogP contribution >= 0.6 is 11.3 Å². The second-order valence-corrected chi connectivity index (χ2v) is 5.82. The van der Waals surface area contributed by atoms with Gasteiger partial charge in [0.25, 0.3) is 0 Å². The molecule has 2 heterocycles. The minimum absolute atomic E-state index is 0.631. The average molecular weight is 247 g/mol. The number of thiazole rings is 1. The van der Waals surface area contributed by atoms with Crippen molar-refractivity contribution in [3.63, 3.8) is 0 Å². The van der Waals surface area contributed by atoms with Crippen LogP contribution in [0.4, 0.5) is 0 Å². The highest BCUT2D eigenvalue weighted by Crippen LogP contribution is 2.21. The number of hydrogen-bond acceptors (Lipinski definition) is 4. The van der Waals surface area contributed by atoms with Crippen molar-refractivity contribution in [2.45, 2.75) is 19.0 Å². The number of rotatable bonds is 3. The molecule has 1 aliphatic heterocycles. The molecule has 1 N–H and O–H groups in total. The zero-order chi connectivity index (χ0) is 11.7. The molecule has 1 aliphatic rings. The van der Waals surface area contributed by atoms with E-state index in [9.17, 15) is 0 Å². The van der Waals surface area contributed by atoms with Crippen molar-refractivity contribution in [1.29, 1.82) is 0 Å². The Kier molecular flexibility index (Phi) is 3.09. The van der Waals surface area contributed by atoms with Crippen LogP contribution in [0, 0.1) is 0 Å². The minimum Gasteiger partial charge on any atom is -0.306 e. The summed E-state index contributed by atoms with van der Waals surface area (Å²) >= 11 is 1.79. The number of hydrogen-bond donors (Lipinski definition) is 1. The van der Waals surface area contributed by atoms with Gasteiger partial charge in [0.1, 0.15) is 5.01 Å². The van der Waals surface area contributed by atoms with Crippen LogP contribution in [0.2, 0.25) is 0 Å². The van der Waals surface area contributed by atoms with Crippen molar-refractivity contribution in [1.82, 2.24) is 15.2 Å². The van der Waals surface area contributed by atoms with Crippen LogP contribution in [0.15, 0.2) is 24.3 Å². The fourth-order valence-electron chi connectivity index (χ4n) is 2.33.